The largest absolute Gasteiger partial charge is 0.207 e. The van der Waals surface area contributed by atoms with E-state index in [2.05, 4.69) is 22.0 Å². The molecule has 0 unspecified atom stereocenters. The van der Waals surface area contributed by atoms with E-state index in [0.29, 0.717) is 5.56 Å². The maximum absolute atomic E-state index is 13.2. The summed E-state index contributed by atoms with van der Waals surface area (Å²) in [4.78, 5) is 0. The number of aryl methyl sites for hydroxylation is 1. The summed E-state index contributed by atoms with van der Waals surface area (Å²) in [5.41, 5.74) is 1.65. The van der Waals surface area contributed by atoms with Crippen molar-refractivity contribution in [2.24, 2.45) is 0 Å². The summed E-state index contributed by atoms with van der Waals surface area (Å²) in [5.74, 6) is -0.265. The molecule has 0 atom stereocenters. The molecule has 0 heterocycles. The average Bonchev–Trinajstić information content (AvgIpc) is 2.30. The van der Waals surface area contributed by atoms with Crippen LogP contribution in [0.15, 0.2) is 30.3 Å². The minimum atomic E-state index is -0.265. The second kappa shape index (κ2) is 4.63. The molecule has 0 aliphatic rings. The van der Waals surface area contributed by atoms with Crippen molar-refractivity contribution in [3.63, 3.8) is 0 Å². The minimum Gasteiger partial charge on any atom is -0.207 e. The molecule has 3 heteroatoms. The average molecular weight is 278 g/mol. The highest BCUT2D eigenvalue weighted by atomic mass is 79.9. The van der Waals surface area contributed by atoms with Crippen molar-refractivity contribution < 1.29 is 4.39 Å². The molecule has 0 radical (unpaired) electrons. The monoisotopic (exact) mass is 277 g/mol. The summed E-state index contributed by atoms with van der Waals surface area (Å²) in [5, 5.41) is 11.5. The van der Waals surface area contributed by atoms with Gasteiger partial charge in [-0.2, -0.15) is 5.26 Å². The third-order valence-corrected chi connectivity index (χ3v) is 2.95. The van der Waals surface area contributed by atoms with E-state index in [1.165, 1.54) is 12.1 Å². The first-order valence-corrected chi connectivity index (χ1v) is 6.05. The Labute approximate surface area is 102 Å². The summed E-state index contributed by atoms with van der Waals surface area (Å²) in [6.07, 6.45) is 0.825. The first-order valence-electron chi connectivity index (χ1n) is 4.93. The normalized spacial score (nSPS) is 10.3. The van der Waals surface area contributed by atoms with E-state index in [1.54, 1.807) is 12.1 Å². The van der Waals surface area contributed by atoms with Crippen LogP contribution in [0.1, 0.15) is 11.1 Å². The van der Waals surface area contributed by atoms with Crippen molar-refractivity contribution in [2.75, 3.05) is 5.33 Å². The molecule has 0 N–H and O–H groups in total. The molecule has 0 saturated heterocycles. The van der Waals surface area contributed by atoms with E-state index in [1.807, 2.05) is 6.07 Å². The second-order valence-electron chi connectivity index (χ2n) is 3.51. The Bertz CT molecular complexity index is 572. The standard InChI is InChI=1S/C13H9BrFN/c14-6-5-9-1-2-10(8-16)12-4-3-11(15)7-13(9)12/h1-4,7H,5-6H2. The number of fused-ring (bicyclic) bond motifs is 1. The van der Waals surface area contributed by atoms with E-state index in [0.717, 1.165) is 28.1 Å². The zero-order valence-corrected chi connectivity index (χ0v) is 10.1. The summed E-state index contributed by atoms with van der Waals surface area (Å²) in [6.45, 7) is 0. The van der Waals surface area contributed by atoms with Gasteiger partial charge in [-0.05, 0) is 41.0 Å². The highest BCUT2D eigenvalue weighted by Crippen LogP contribution is 2.24. The zero-order valence-electron chi connectivity index (χ0n) is 8.50. The fraction of sp³-hybridized carbons (Fsp3) is 0.154. The Kier molecular flexibility index (Phi) is 3.21. The molecule has 0 aliphatic carbocycles. The number of nitriles is 1. The van der Waals surface area contributed by atoms with Gasteiger partial charge in [0, 0.05) is 5.33 Å². The van der Waals surface area contributed by atoms with Gasteiger partial charge in [-0.3, -0.25) is 0 Å². The van der Waals surface area contributed by atoms with Crippen LogP contribution in [-0.4, -0.2) is 5.33 Å². The van der Waals surface area contributed by atoms with Gasteiger partial charge < -0.3 is 0 Å². The molecule has 2 aromatic carbocycles. The molecule has 1 nitrogen and oxygen atoms in total. The molecule has 80 valence electrons. The molecule has 2 rings (SSSR count). The highest BCUT2D eigenvalue weighted by molar-refractivity contribution is 9.09. The quantitative estimate of drug-likeness (QED) is 0.767. The summed E-state index contributed by atoms with van der Waals surface area (Å²) in [6, 6.07) is 10.4. The van der Waals surface area contributed by atoms with Crippen LogP contribution in [0.5, 0.6) is 0 Å². The molecule has 0 aliphatic heterocycles. The van der Waals surface area contributed by atoms with E-state index in [4.69, 9.17) is 5.26 Å². The highest BCUT2D eigenvalue weighted by Gasteiger charge is 2.06. The first-order chi connectivity index (χ1) is 7.76. The van der Waals surface area contributed by atoms with Crippen molar-refractivity contribution >= 4 is 26.7 Å². The Balaban J connectivity index is 2.76. The Morgan fingerprint density at radius 2 is 2.00 bits per heavy atom. The number of alkyl halides is 1. The van der Waals surface area contributed by atoms with Gasteiger partial charge in [0.05, 0.1) is 11.6 Å². The molecule has 0 bridgehead atoms. The van der Waals surface area contributed by atoms with Gasteiger partial charge in [-0.15, -0.1) is 0 Å². The fourth-order valence-corrected chi connectivity index (χ4v) is 2.22. The third kappa shape index (κ3) is 1.94. The van der Waals surface area contributed by atoms with Gasteiger partial charge in [-0.25, -0.2) is 4.39 Å². The number of rotatable bonds is 2. The lowest BCUT2D eigenvalue weighted by Crippen LogP contribution is -1.91. The van der Waals surface area contributed by atoms with Crippen molar-refractivity contribution in [3.8, 4) is 6.07 Å². The van der Waals surface area contributed by atoms with Crippen LogP contribution in [0.25, 0.3) is 10.8 Å². The van der Waals surface area contributed by atoms with Gasteiger partial charge in [0.25, 0.3) is 0 Å². The number of hydrogen-bond acceptors (Lipinski definition) is 1. The van der Waals surface area contributed by atoms with Gasteiger partial charge in [0.2, 0.25) is 0 Å². The predicted octanol–water partition coefficient (Wildman–Crippen LogP) is 3.79. The minimum absolute atomic E-state index is 0.265. The predicted molar refractivity (Wildman–Crippen MR) is 66.1 cm³/mol. The molecule has 0 spiro atoms. The first kappa shape index (κ1) is 11.1. The molecule has 0 amide bonds. The van der Waals surface area contributed by atoms with Crippen molar-refractivity contribution in [2.45, 2.75) is 6.42 Å². The van der Waals surface area contributed by atoms with Crippen LogP contribution < -0.4 is 0 Å². The van der Waals surface area contributed by atoms with E-state index >= 15 is 0 Å². The maximum Gasteiger partial charge on any atom is 0.123 e. The fourth-order valence-electron chi connectivity index (χ4n) is 1.80. The van der Waals surface area contributed by atoms with Crippen molar-refractivity contribution in [3.05, 3.63) is 47.3 Å². The SMILES string of the molecule is N#Cc1ccc(CCBr)c2cc(F)ccc12. The Morgan fingerprint density at radius 1 is 1.19 bits per heavy atom. The van der Waals surface area contributed by atoms with Crippen LogP contribution >= 0.6 is 15.9 Å². The molecular weight excluding hydrogens is 269 g/mol. The maximum atomic E-state index is 13.2. The van der Waals surface area contributed by atoms with E-state index in [9.17, 15) is 4.39 Å². The molecule has 16 heavy (non-hydrogen) atoms. The van der Waals surface area contributed by atoms with Crippen molar-refractivity contribution in [1.29, 1.82) is 5.26 Å². The van der Waals surface area contributed by atoms with Gasteiger partial charge >= 0.3 is 0 Å². The molecule has 0 saturated carbocycles. The van der Waals surface area contributed by atoms with Crippen LogP contribution in [0.2, 0.25) is 0 Å². The van der Waals surface area contributed by atoms with Crippen LogP contribution in [0, 0.1) is 17.1 Å². The van der Waals surface area contributed by atoms with Gasteiger partial charge in [0.15, 0.2) is 0 Å². The molecule has 0 fully saturated rings. The molecule has 2 aromatic rings. The zero-order chi connectivity index (χ0) is 11.5. The molecule has 0 aromatic heterocycles. The molecular formula is C13H9BrFN. The second-order valence-corrected chi connectivity index (χ2v) is 4.31. The third-order valence-electron chi connectivity index (χ3n) is 2.55. The lowest BCUT2D eigenvalue weighted by Gasteiger charge is -2.06. The van der Waals surface area contributed by atoms with Gasteiger partial charge in [0.1, 0.15) is 5.82 Å². The number of halogens is 2. The summed E-state index contributed by atoms with van der Waals surface area (Å²) in [7, 11) is 0. The Hall–Kier alpha value is -1.40. The Morgan fingerprint density at radius 3 is 2.69 bits per heavy atom. The van der Waals surface area contributed by atoms with Crippen LogP contribution in [-0.2, 0) is 6.42 Å². The number of hydrogen-bond donors (Lipinski definition) is 0. The van der Waals surface area contributed by atoms with Crippen LogP contribution in [0.4, 0.5) is 4.39 Å². The van der Waals surface area contributed by atoms with E-state index < -0.39 is 0 Å². The lowest BCUT2D eigenvalue weighted by atomic mass is 9.99. The van der Waals surface area contributed by atoms with Crippen molar-refractivity contribution in [1.82, 2.24) is 0 Å². The topological polar surface area (TPSA) is 23.8 Å². The summed E-state index contributed by atoms with van der Waals surface area (Å²) >= 11 is 3.37. The lowest BCUT2D eigenvalue weighted by molar-refractivity contribution is 0.629. The van der Waals surface area contributed by atoms with Gasteiger partial charge in [-0.1, -0.05) is 28.1 Å². The number of nitrogens with zero attached hydrogens (tertiary/aromatic N) is 1. The summed E-state index contributed by atoms with van der Waals surface area (Å²) < 4.78 is 13.2. The van der Waals surface area contributed by atoms with E-state index in [-0.39, 0.29) is 5.82 Å². The van der Waals surface area contributed by atoms with Crippen LogP contribution in [0.3, 0.4) is 0 Å². The number of benzene rings is 2. The smallest absolute Gasteiger partial charge is 0.123 e.